The molecule has 0 spiro atoms. The molecule has 0 radical (unpaired) electrons. The van der Waals surface area contributed by atoms with Crippen LogP contribution in [0, 0.1) is 16.7 Å². The molecule has 0 N–H and O–H groups in total. The molecule has 1 saturated carbocycles. The van der Waals surface area contributed by atoms with Gasteiger partial charge in [0.05, 0.1) is 22.8 Å². The van der Waals surface area contributed by atoms with Gasteiger partial charge in [0.15, 0.2) is 15.3 Å². The van der Waals surface area contributed by atoms with Gasteiger partial charge in [0.2, 0.25) is 0 Å². The van der Waals surface area contributed by atoms with Crippen LogP contribution in [0.3, 0.4) is 0 Å². The lowest BCUT2D eigenvalue weighted by Gasteiger charge is -2.08. The molecule has 2 atom stereocenters. The van der Waals surface area contributed by atoms with Gasteiger partial charge < -0.3 is 4.74 Å². The molecule has 0 aromatic heterocycles. The number of hydrogen-bond acceptors (Lipinski definition) is 5. The van der Waals surface area contributed by atoms with Crippen molar-refractivity contribution in [2.45, 2.75) is 23.5 Å². The Morgan fingerprint density at radius 3 is 2.60 bits per heavy atom. The average molecular weight is 314 g/mol. The van der Waals surface area contributed by atoms with Crippen molar-refractivity contribution in [1.29, 1.82) is 5.26 Å². The number of ether oxygens (including phenoxy) is 1. The van der Waals surface area contributed by atoms with E-state index < -0.39 is 26.5 Å². The van der Waals surface area contributed by atoms with Crippen LogP contribution in [0.2, 0.25) is 5.02 Å². The first kappa shape index (κ1) is 14.8. The van der Waals surface area contributed by atoms with Gasteiger partial charge in [0, 0.05) is 5.02 Å². The number of esters is 1. The fourth-order valence-corrected chi connectivity index (χ4v) is 4.17. The fraction of sp³-hybridized carbons (Fsp3) is 0.385. The Hall–Kier alpha value is -1.58. The van der Waals surface area contributed by atoms with Crippen molar-refractivity contribution in [1.82, 2.24) is 0 Å². The van der Waals surface area contributed by atoms with E-state index in [2.05, 4.69) is 0 Å². The number of halogens is 1. The van der Waals surface area contributed by atoms with Gasteiger partial charge in [-0.05, 0) is 37.6 Å². The van der Waals surface area contributed by atoms with Crippen LogP contribution in [0.5, 0.6) is 0 Å². The molecular weight excluding hydrogens is 302 g/mol. The number of hydrogen-bond donors (Lipinski definition) is 0. The Morgan fingerprint density at radius 1 is 1.50 bits per heavy atom. The molecular formula is C13H12ClNO4S. The maximum atomic E-state index is 12.4. The smallest absolute Gasteiger partial charge is 0.327 e. The van der Waals surface area contributed by atoms with Crippen molar-refractivity contribution in [3.05, 3.63) is 29.3 Å². The maximum absolute atomic E-state index is 12.4. The SMILES string of the molecule is CCOC(=O)[C@@]1(C#N)C[C@@H]1S(=O)(=O)c1ccc(Cl)cc1. The van der Waals surface area contributed by atoms with E-state index in [4.69, 9.17) is 21.6 Å². The van der Waals surface area contributed by atoms with Gasteiger partial charge in [-0.15, -0.1) is 0 Å². The van der Waals surface area contributed by atoms with Crippen LogP contribution in [0.1, 0.15) is 13.3 Å². The molecule has 1 aliphatic rings. The van der Waals surface area contributed by atoms with Crippen LogP contribution in [-0.2, 0) is 19.4 Å². The second-order valence-corrected chi connectivity index (χ2v) is 7.06. The molecule has 0 heterocycles. The molecule has 0 saturated heterocycles. The summed E-state index contributed by atoms with van der Waals surface area (Å²) in [6.07, 6.45) is -0.0344. The molecule has 0 bridgehead atoms. The second-order valence-electron chi connectivity index (χ2n) is 4.50. The van der Waals surface area contributed by atoms with E-state index in [1.165, 1.54) is 24.3 Å². The van der Waals surface area contributed by atoms with E-state index in [1.54, 1.807) is 13.0 Å². The van der Waals surface area contributed by atoms with Gasteiger partial charge >= 0.3 is 5.97 Å². The Morgan fingerprint density at radius 2 is 2.10 bits per heavy atom. The van der Waals surface area contributed by atoms with Crippen molar-refractivity contribution >= 4 is 27.4 Å². The molecule has 1 aliphatic carbocycles. The zero-order valence-corrected chi connectivity index (χ0v) is 12.2. The lowest BCUT2D eigenvalue weighted by atomic mass is 10.1. The summed E-state index contributed by atoms with van der Waals surface area (Å²) in [7, 11) is -3.75. The van der Waals surface area contributed by atoms with Crippen LogP contribution in [0.15, 0.2) is 29.2 Å². The van der Waals surface area contributed by atoms with Crippen LogP contribution in [0.4, 0.5) is 0 Å². The predicted molar refractivity (Wildman–Crippen MR) is 71.7 cm³/mol. The third-order valence-corrected chi connectivity index (χ3v) is 5.75. The molecule has 20 heavy (non-hydrogen) atoms. The lowest BCUT2D eigenvalue weighted by molar-refractivity contribution is -0.147. The number of carbonyl (C=O) groups is 1. The molecule has 5 nitrogen and oxygen atoms in total. The van der Waals surface area contributed by atoms with E-state index in [9.17, 15) is 13.2 Å². The third-order valence-electron chi connectivity index (χ3n) is 3.25. The Kier molecular flexibility index (Phi) is 3.76. The highest BCUT2D eigenvalue weighted by Crippen LogP contribution is 2.53. The molecule has 7 heteroatoms. The van der Waals surface area contributed by atoms with Crippen LogP contribution >= 0.6 is 11.6 Å². The van der Waals surface area contributed by atoms with Crippen molar-refractivity contribution < 1.29 is 17.9 Å². The topological polar surface area (TPSA) is 84.2 Å². The zero-order chi connectivity index (χ0) is 15.0. The van der Waals surface area contributed by atoms with E-state index in [-0.39, 0.29) is 17.9 Å². The molecule has 0 unspecified atom stereocenters. The van der Waals surface area contributed by atoms with E-state index in [0.29, 0.717) is 5.02 Å². The Bertz CT molecular complexity index is 677. The minimum Gasteiger partial charge on any atom is -0.465 e. The standard InChI is InChI=1S/C13H12ClNO4S/c1-2-19-12(16)13(8-15)7-11(13)20(17,18)10-5-3-9(14)4-6-10/h3-6,11H,2,7H2,1H3/t11-,13+/m0/s1. The lowest BCUT2D eigenvalue weighted by Crippen LogP contribution is -2.25. The predicted octanol–water partition coefficient (Wildman–Crippen LogP) is 1.96. The Balaban J connectivity index is 2.32. The molecule has 1 aromatic rings. The van der Waals surface area contributed by atoms with Gasteiger partial charge in [0.1, 0.15) is 0 Å². The first-order valence-corrected chi connectivity index (χ1v) is 7.89. The number of carbonyl (C=O) groups excluding carboxylic acids is 1. The van der Waals surface area contributed by atoms with Crippen LogP contribution < -0.4 is 0 Å². The van der Waals surface area contributed by atoms with Gasteiger partial charge in [-0.2, -0.15) is 5.26 Å². The summed E-state index contributed by atoms with van der Waals surface area (Å²) >= 11 is 5.71. The highest BCUT2D eigenvalue weighted by Gasteiger charge is 2.68. The van der Waals surface area contributed by atoms with E-state index >= 15 is 0 Å². The molecule has 106 valence electrons. The van der Waals surface area contributed by atoms with Crippen LogP contribution in [0.25, 0.3) is 0 Å². The zero-order valence-electron chi connectivity index (χ0n) is 10.7. The summed E-state index contributed by atoms with van der Waals surface area (Å²) in [4.78, 5) is 11.8. The maximum Gasteiger partial charge on any atom is 0.327 e. The van der Waals surface area contributed by atoms with E-state index in [1.807, 2.05) is 0 Å². The second kappa shape index (κ2) is 5.08. The quantitative estimate of drug-likeness (QED) is 0.793. The largest absolute Gasteiger partial charge is 0.465 e. The number of nitriles is 1. The molecule has 0 amide bonds. The molecule has 2 rings (SSSR count). The summed E-state index contributed by atoms with van der Waals surface area (Å²) < 4.78 is 29.6. The van der Waals surface area contributed by atoms with Crippen molar-refractivity contribution in [3.8, 4) is 6.07 Å². The summed E-state index contributed by atoms with van der Waals surface area (Å²) in [5.41, 5.74) is -1.57. The third kappa shape index (κ3) is 2.28. The van der Waals surface area contributed by atoms with Gasteiger partial charge in [-0.25, -0.2) is 8.42 Å². The number of nitrogens with zero attached hydrogens (tertiary/aromatic N) is 1. The van der Waals surface area contributed by atoms with E-state index in [0.717, 1.165) is 0 Å². The summed E-state index contributed by atoms with van der Waals surface area (Å²) in [6.45, 7) is 1.71. The van der Waals surface area contributed by atoms with Gasteiger partial charge in [-0.3, -0.25) is 4.79 Å². The first-order valence-electron chi connectivity index (χ1n) is 5.96. The first-order chi connectivity index (χ1) is 9.38. The summed E-state index contributed by atoms with van der Waals surface area (Å²) in [6, 6.07) is 7.43. The minimum absolute atomic E-state index is 0.0344. The monoisotopic (exact) mass is 313 g/mol. The fourth-order valence-electron chi connectivity index (χ4n) is 2.03. The van der Waals surface area contributed by atoms with Gasteiger partial charge in [0.25, 0.3) is 0 Å². The van der Waals surface area contributed by atoms with Crippen molar-refractivity contribution in [2.24, 2.45) is 5.41 Å². The molecule has 1 fully saturated rings. The number of benzene rings is 1. The van der Waals surface area contributed by atoms with Crippen LogP contribution in [-0.4, -0.2) is 26.2 Å². The molecule has 1 aromatic carbocycles. The summed E-state index contributed by atoms with van der Waals surface area (Å²) in [5.74, 6) is -0.773. The highest BCUT2D eigenvalue weighted by molar-refractivity contribution is 7.92. The van der Waals surface area contributed by atoms with Gasteiger partial charge in [-0.1, -0.05) is 11.6 Å². The highest BCUT2D eigenvalue weighted by atomic mass is 35.5. The number of rotatable bonds is 4. The normalized spacial score (nSPS) is 24.8. The number of sulfone groups is 1. The summed E-state index contributed by atoms with van der Waals surface area (Å²) in [5, 5.41) is 8.50. The Labute approximate surface area is 122 Å². The van der Waals surface area contributed by atoms with Crippen molar-refractivity contribution in [3.63, 3.8) is 0 Å². The molecule has 0 aliphatic heterocycles. The minimum atomic E-state index is -3.75. The average Bonchev–Trinajstić information content (AvgIpc) is 3.16. The van der Waals surface area contributed by atoms with Crippen molar-refractivity contribution in [2.75, 3.05) is 6.61 Å².